The second-order valence-corrected chi connectivity index (χ2v) is 7.83. The lowest BCUT2D eigenvalue weighted by molar-refractivity contribution is -0.130. The van der Waals surface area contributed by atoms with E-state index in [2.05, 4.69) is 27.6 Å². The minimum Gasteiger partial charge on any atom is -0.341 e. The summed E-state index contributed by atoms with van der Waals surface area (Å²) in [5.41, 5.74) is 3.61. The second-order valence-electron chi connectivity index (χ2n) is 7.83. The van der Waals surface area contributed by atoms with E-state index in [0.29, 0.717) is 17.9 Å². The Hall–Kier alpha value is -3.80. The van der Waals surface area contributed by atoms with E-state index in [1.807, 2.05) is 4.90 Å². The van der Waals surface area contributed by atoms with Crippen molar-refractivity contribution in [1.29, 1.82) is 5.26 Å². The Bertz CT molecular complexity index is 1350. The van der Waals surface area contributed by atoms with E-state index in [9.17, 15) is 10.1 Å². The molecule has 4 aromatic heterocycles. The third kappa shape index (κ3) is 3.20. The maximum absolute atomic E-state index is 12.0. The number of aromatic nitrogens is 6. The van der Waals surface area contributed by atoms with Crippen molar-refractivity contribution in [2.75, 3.05) is 13.1 Å². The Balaban J connectivity index is 1.64. The topological polar surface area (TPSA) is 105 Å². The molecule has 1 saturated heterocycles. The van der Waals surface area contributed by atoms with Crippen LogP contribution in [-0.4, -0.2) is 53.0 Å². The predicted molar refractivity (Wildman–Crippen MR) is 114 cm³/mol. The number of fused-ring (bicyclic) bond motifs is 2. The van der Waals surface area contributed by atoms with Crippen molar-refractivity contribution >= 4 is 22.6 Å². The molecule has 0 saturated carbocycles. The quantitative estimate of drug-likeness (QED) is 0.510. The molecule has 0 N–H and O–H groups in total. The maximum Gasteiger partial charge on any atom is 0.219 e. The van der Waals surface area contributed by atoms with Crippen molar-refractivity contribution in [2.24, 2.45) is 0 Å². The molecule has 156 valence electrons. The molecule has 5 heterocycles. The van der Waals surface area contributed by atoms with Gasteiger partial charge in [0.05, 0.1) is 41.1 Å². The molecule has 1 aliphatic rings. The molecule has 9 nitrogen and oxygen atoms in total. The van der Waals surface area contributed by atoms with E-state index in [-0.39, 0.29) is 11.9 Å². The average molecular weight is 414 g/mol. The maximum atomic E-state index is 12.0. The van der Waals surface area contributed by atoms with E-state index in [1.165, 1.54) is 0 Å². The van der Waals surface area contributed by atoms with Crippen LogP contribution in [-0.2, 0) is 11.2 Å². The van der Waals surface area contributed by atoms with Gasteiger partial charge in [0.2, 0.25) is 5.91 Å². The van der Waals surface area contributed by atoms with Crippen molar-refractivity contribution in [1.82, 2.24) is 34.0 Å². The van der Waals surface area contributed by atoms with Crippen molar-refractivity contribution in [3.8, 4) is 17.5 Å². The number of nitriles is 1. The molecule has 0 radical (unpaired) electrons. The summed E-state index contributed by atoms with van der Waals surface area (Å²) < 4.78 is 3.90. The number of pyridine rings is 1. The molecule has 1 aliphatic heterocycles. The first-order chi connectivity index (χ1) is 15.1. The standard InChI is InChI=1S/C22H22N8O/c1-3-20-26-18-12-24-21(17-11-25-29-8-6-15(10-23)9-19(17)29)27-22(18)30(20)16-5-4-7-28(13-16)14(2)31/h6,8-9,11-12,16H,3-5,7,13H2,1-2H3/t16-/m0/s1. The highest BCUT2D eigenvalue weighted by molar-refractivity contribution is 5.80. The summed E-state index contributed by atoms with van der Waals surface area (Å²) in [7, 11) is 0. The summed E-state index contributed by atoms with van der Waals surface area (Å²) >= 11 is 0. The van der Waals surface area contributed by atoms with Gasteiger partial charge in [-0.15, -0.1) is 0 Å². The SMILES string of the molecule is CCc1nc2cnc(-c3cnn4ccc(C#N)cc34)nc2n1[C@H]1CCCN(C(C)=O)C1. The number of rotatable bonds is 3. The summed E-state index contributed by atoms with van der Waals surface area (Å²) in [6, 6.07) is 5.81. The molecule has 0 aliphatic carbocycles. The van der Waals surface area contributed by atoms with Gasteiger partial charge < -0.3 is 9.47 Å². The highest BCUT2D eigenvalue weighted by Crippen LogP contribution is 2.29. The smallest absolute Gasteiger partial charge is 0.219 e. The lowest BCUT2D eigenvalue weighted by atomic mass is 10.1. The van der Waals surface area contributed by atoms with Crippen LogP contribution in [0.5, 0.6) is 0 Å². The van der Waals surface area contributed by atoms with Crippen LogP contribution in [0.1, 0.15) is 44.1 Å². The van der Waals surface area contributed by atoms with E-state index >= 15 is 0 Å². The van der Waals surface area contributed by atoms with Crippen LogP contribution >= 0.6 is 0 Å². The van der Waals surface area contributed by atoms with Crippen LogP contribution in [0, 0.1) is 11.3 Å². The van der Waals surface area contributed by atoms with Gasteiger partial charge in [-0.25, -0.2) is 19.5 Å². The molecule has 1 amide bonds. The van der Waals surface area contributed by atoms with Gasteiger partial charge in [-0.1, -0.05) is 6.92 Å². The number of likely N-dealkylation sites (tertiary alicyclic amines) is 1. The fourth-order valence-corrected chi connectivity index (χ4v) is 4.37. The van der Waals surface area contributed by atoms with Crippen LogP contribution in [0.4, 0.5) is 0 Å². The van der Waals surface area contributed by atoms with Crippen LogP contribution in [0.25, 0.3) is 28.1 Å². The Morgan fingerprint density at radius 1 is 1.32 bits per heavy atom. The fourth-order valence-electron chi connectivity index (χ4n) is 4.37. The minimum atomic E-state index is 0.0992. The van der Waals surface area contributed by atoms with Crippen molar-refractivity contribution in [2.45, 2.75) is 39.2 Å². The molecular weight excluding hydrogens is 392 g/mol. The lowest BCUT2D eigenvalue weighted by Gasteiger charge is -2.33. The Kier molecular flexibility index (Phi) is 4.62. The summed E-state index contributed by atoms with van der Waals surface area (Å²) in [6.07, 6.45) is 7.92. The molecule has 1 fully saturated rings. The van der Waals surface area contributed by atoms with Crippen molar-refractivity contribution in [3.63, 3.8) is 0 Å². The van der Waals surface area contributed by atoms with Gasteiger partial charge in [0.25, 0.3) is 0 Å². The minimum absolute atomic E-state index is 0.0992. The van der Waals surface area contributed by atoms with Crippen molar-refractivity contribution in [3.05, 3.63) is 42.1 Å². The van der Waals surface area contributed by atoms with Crippen LogP contribution < -0.4 is 0 Å². The van der Waals surface area contributed by atoms with Gasteiger partial charge in [-0.2, -0.15) is 10.4 Å². The number of piperidine rings is 1. The number of carbonyl (C=O) groups excluding carboxylic acids is 1. The number of aryl methyl sites for hydroxylation is 1. The Morgan fingerprint density at radius 2 is 2.19 bits per heavy atom. The third-order valence-corrected chi connectivity index (χ3v) is 5.92. The molecular formula is C22H22N8O. The molecule has 4 aromatic rings. The monoisotopic (exact) mass is 414 g/mol. The fraction of sp³-hybridized carbons (Fsp3) is 0.364. The summed E-state index contributed by atoms with van der Waals surface area (Å²) in [6.45, 7) is 5.15. The van der Waals surface area contributed by atoms with Crippen molar-refractivity contribution < 1.29 is 4.79 Å². The first kappa shape index (κ1) is 19.2. The zero-order valence-corrected chi connectivity index (χ0v) is 17.5. The molecule has 31 heavy (non-hydrogen) atoms. The van der Waals surface area contributed by atoms with Gasteiger partial charge in [0.1, 0.15) is 11.3 Å². The highest BCUT2D eigenvalue weighted by Gasteiger charge is 2.27. The zero-order valence-electron chi connectivity index (χ0n) is 17.5. The third-order valence-electron chi connectivity index (χ3n) is 5.92. The number of imidazole rings is 1. The van der Waals surface area contributed by atoms with Gasteiger partial charge in [0.15, 0.2) is 11.5 Å². The van der Waals surface area contributed by atoms with Gasteiger partial charge >= 0.3 is 0 Å². The molecule has 5 rings (SSSR count). The van der Waals surface area contributed by atoms with E-state index in [0.717, 1.165) is 53.9 Å². The first-order valence-electron chi connectivity index (χ1n) is 10.5. The predicted octanol–water partition coefficient (Wildman–Crippen LogP) is 2.76. The van der Waals surface area contributed by atoms with E-state index in [1.54, 1.807) is 42.2 Å². The molecule has 1 atom stereocenters. The molecule has 0 unspecified atom stereocenters. The highest BCUT2D eigenvalue weighted by atomic mass is 16.2. The van der Waals surface area contributed by atoms with Crippen LogP contribution in [0.3, 0.4) is 0 Å². The van der Waals surface area contributed by atoms with Gasteiger partial charge in [-0.3, -0.25) is 4.79 Å². The average Bonchev–Trinajstić information content (AvgIpc) is 3.39. The molecule has 0 bridgehead atoms. The first-order valence-corrected chi connectivity index (χ1v) is 10.5. The largest absolute Gasteiger partial charge is 0.341 e. The summed E-state index contributed by atoms with van der Waals surface area (Å²) in [5, 5.41) is 13.6. The molecule has 0 aromatic carbocycles. The second kappa shape index (κ2) is 7.47. The van der Waals surface area contributed by atoms with Crippen LogP contribution in [0.15, 0.2) is 30.7 Å². The number of nitrogens with zero attached hydrogens (tertiary/aromatic N) is 8. The number of carbonyl (C=O) groups is 1. The summed E-state index contributed by atoms with van der Waals surface area (Å²) in [5.74, 6) is 1.59. The van der Waals surface area contributed by atoms with Gasteiger partial charge in [0, 0.05) is 32.6 Å². The number of hydrogen-bond acceptors (Lipinski definition) is 6. The van der Waals surface area contributed by atoms with Crippen LogP contribution in [0.2, 0.25) is 0 Å². The number of amides is 1. The number of hydrogen-bond donors (Lipinski definition) is 0. The summed E-state index contributed by atoms with van der Waals surface area (Å²) in [4.78, 5) is 28.1. The Labute approximate surface area is 179 Å². The van der Waals surface area contributed by atoms with E-state index in [4.69, 9.17) is 9.97 Å². The zero-order chi connectivity index (χ0) is 21.5. The normalized spacial score (nSPS) is 16.7. The van der Waals surface area contributed by atoms with E-state index < -0.39 is 0 Å². The Morgan fingerprint density at radius 3 is 2.97 bits per heavy atom. The molecule has 9 heteroatoms. The van der Waals surface area contributed by atoms with Gasteiger partial charge in [-0.05, 0) is 25.0 Å². The lowest BCUT2D eigenvalue weighted by Crippen LogP contribution is -2.39. The molecule has 0 spiro atoms.